The van der Waals surface area contributed by atoms with Crippen molar-refractivity contribution in [2.24, 2.45) is 0 Å². The number of hydrogen-bond donors (Lipinski definition) is 1. The molecule has 0 saturated carbocycles. The van der Waals surface area contributed by atoms with Gasteiger partial charge in [0.1, 0.15) is 5.82 Å². The summed E-state index contributed by atoms with van der Waals surface area (Å²) in [5.74, 6) is -0.185. The van der Waals surface area contributed by atoms with Gasteiger partial charge in [-0.25, -0.2) is 4.98 Å². The fourth-order valence-electron chi connectivity index (χ4n) is 6.32. The number of rotatable bonds is 6. The number of H-pyrrole nitrogens is 1. The van der Waals surface area contributed by atoms with Crippen LogP contribution in [0.1, 0.15) is 27.0 Å². The second kappa shape index (κ2) is 16.5. The van der Waals surface area contributed by atoms with Crippen LogP contribution < -0.4 is 4.90 Å². The third kappa shape index (κ3) is 9.14. The number of nitrogens with zero attached hydrogens (tertiary/aromatic N) is 5. The minimum atomic E-state index is -5.08. The van der Waals surface area contributed by atoms with Gasteiger partial charge in [-0.1, -0.05) is 24.3 Å². The van der Waals surface area contributed by atoms with Gasteiger partial charge < -0.3 is 19.7 Å². The molecule has 0 unspecified atom stereocenters. The highest BCUT2D eigenvalue weighted by Crippen LogP contribution is 2.37. The molecule has 0 aliphatic carbocycles. The molecule has 0 radical (unpaired) electrons. The molecule has 1 N–H and O–H groups in total. The lowest BCUT2D eigenvalue weighted by Crippen LogP contribution is -2.58. The van der Waals surface area contributed by atoms with E-state index in [9.17, 15) is 35.9 Å². The molecule has 2 fully saturated rings. The van der Waals surface area contributed by atoms with Gasteiger partial charge in [0.05, 0.1) is 17.7 Å². The molecule has 1 atom stereocenters. The van der Waals surface area contributed by atoms with E-state index in [-0.39, 0.29) is 81.8 Å². The van der Waals surface area contributed by atoms with Crippen LogP contribution in [0.3, 0.4) is 0 Å². The van der Waals surface area contributed by atoms with Crippen molar-refractivity contribution in [2.75, 3.05) is 57.3 Å². The number of hydrogen-bond acceptors (Lipinski definition) is 5. The van der Waals surface area contributed by atoms with Crippen LogP contribution in [0.15, 0.2) is 73.1 Å². The van der Waals surface area contributed by atoms with Crippen molar-refractivity contribution in [3.63, 3.8) is 0 Å². The van der Waals surface area contributed by atoms with Crippen molar-refractivity contribution in [2.45, 2.75) is 24.8 Å². The fraction of sp³-hybridized carbons (Fsp3) is 0.364. The van der Waals surface area contributed by atoms with Crippen LogP contribution in [0.5, 0.6) is 0 Å². The number of pyridine rings is 1. The van der Waals surface area contributed by atoms with E-state index < -0.39 is 41.0 Å². The Bertz CT molecular complexity index is 1720. The lowest BCUT2D eigenvalue weighted by Gasteiger charge is -2.42. The predicted molar refractivity (Wildman–Crippen MR) is 184 cm³/mol. The molecule has 2 aliphatic heterocycles. The number of anilines is 1. The van der Waals surface area contributed by atoms with E-state index in [2.05, 4.69) is 14.9 Å². The first-order valence-corrected chi connectivity index (χ1v) is 15.2. The van der Waals surface area contributed by atoms with E-state index >= 15 is 0 Å². The molecular formula is C33H35Cl3F6N6O2. The normalized spacial score (nSPS) is 17.1. The maximum atomic E-state index is 13.8. The first kappa shape index (κ1) is 40.7. The molecule has 2 aliphatic rings. The number of aromatic amines is 1. The van der Waals surface area contributed by atoms with Gasteiger partial charge in [-0.2, -0.15) is 26.3 Å². The fourth-order valence-corrected chi connectivity index (χ4v) is 6.32. The smallest absolute Gasteiger partial charge is 0.361 e. The largest absolute Gasteiger partial charge is 0.416 e. The maximum Gasteiger partial charge on any atom is 0.416 e. The summed E-state index contributed by atoms with van der Waals surface area (Å²) in [6.07, 6.45) is -6.39. The third-order valence-corrected chi connectivity index (χ3v) is 8.76. The van der Waals surface area contributed by atoms with E-state index in [1.165, 1.54) is 4.90 Å². The molecule has 8 nitrogen and oxygen atoms in total. The Labute approximate surface area is 303 Å². The second-order valence-electron chi connectivity index (χ2n) is 11.8. The van der Waals surface area contributed by atoms with E-state index in [0.717, 1.165) is 22.3 Å². The lowest BCUT2D eigenvalue weighted by atomic mass is 9.98. The number of carbonyl (C=O) groups is 2. The van der Waals surface area contributed by atoms with Gasteiger partial charge in [-0.05, 0) is 48.4 Å². The molecule has 2 aromatic carbocycles. The highest BCUT2D eigenvalue weighted by atomic mass is 35.5. The van der Waals surface area contributed by atoms with Crippen molar-refractivity contribution in [1.29, 1.82) is 0 Å². The van der Waals surface area contributed by atoms with Gasteiger partial charge in [0.15, 0.2) is 0 Å². The molecule has 4 aromatic rings. The first-order chi connectivity index (χ1) is 22.4. The SMILES string of the molecule is Cl.Cl.Cl.O=C(CN1CCN(C(=O)c2cc(C(F)(F)F)cc(C(F)(F)F)c2)[C@H](Cc2c[nH]c3ccccc23)C1)N1CCN(c2ccccn2)CC1. The summed E-state index contributed by atoms with van der Waals surface area (Å²) in [5.41, 5.74) is -2.10. The number of amides is 2. The van der Waals surface area contributed by atoms with Crippen molar-refractivity contribution < 1.29 is 35.9 Å². The van der Waals surface area contributed by atoms with Crippen LogP contribution in [0, 0.1) is 0 Å². The Balaban J connectivity index is 0.00000225. The van der Waals surface area contributed by atoms with E-state index in [4.69, 9.17) is 0 Å². The Kier molecular flexibility index (Phi) is 13.5. The second-order valence-corrected chi connectivity index (χ2v) is 11.8. The Morgan fingerprint density at radius 3 is 2.06 bits per heavy atom. The minimum Gasteiger partial charge on any atom is -0.361 e. The quantitative estimate of drug-likeness (QED) is 0.225. The van der Waals surface area contributed by atoms with Crippen LogP contribution in [-0.2, 0) is 23.6 Å². The van der Waals surface area contributed by atoms with Crippen molar-refractivity contribution in [3.05, 3.63) is 95.3 Å². The number of carbonyl (C=O) groups excluding carboxylic acids is 2. The van der Waals surface area contributed by atoms with Crippen LogP contribution >= 0.6 is 37.2 Å². The molecule has 50 heavy (non-hydrogen) atoms. The Morgan fingerprint density at radius 1 is 0.800 bits per heavy atom. The summed E-state index contributed by atoms with van der Waals surface area (Å²) in [7, 11) is 0. The lowest BCUT2D eigenvalue weighted by molar-refractivity contribution is -0.143. The molecule has 17 heteroatoms. The Hall–Kier alpha value is -3.72. The molecule has 2 aromatic heterocycles. The topological polar surface area (TPSA) is 75.8 Å². The average molecular weight is 768 g/mol. The summed E-state index contributed by atoms with van der Waals surface area (Å²) in [6, 6.07) is 13.5. The zero-order chi connectivity index (χ0) is 33.3. The van der Waals surface area contributed by atoms with Gasteiger partial charge in [0, 0.05) is 80.7 Å². The van der Waals surface area contributed by atoms with E-state index in [1.54, 1.807) is 17.3 Å². The van der Waals surface area contributed by atoms with Gasteiger partial charge in [-0.3, -0.25) is 14.5 Å². The van der Waals surface area contributed by atoms with Crippen molar-refractivity contribution >= 4 is 65.8 Å². The molecule has 4 heterocycles. The molecule has 2 saturated heterocycles. The maximum absolute atomic E-state index is 13.8. The van der Waals surface area contributed by atoms with Crippen molar-refractivity contribution in [3.8, 4) is 0 Å². The average Bonchev–Trinajstić information content (AvgIpc) is 3.46. The van der Waals surface area contributed by atoms with Gasteiger partial charge in [0.25, 0.3) is 5.91 Å². The Morgan fingerprint density at radius 2 is 1.44 bits per heavy atom. The van der Waals surface area contributed by atoms with Crippen LogP contribution in [-0.4, -0.2) is 94.9 Å². The number of nitrogens with one attached hydrogen (secondary N) is 1. The van der Waals surface area contributed by atoms with Crippen LogP contribution in [0.2, 0.25) is 0 Å². The number of para-hydroxylation sites is 1. The molecule has 272 valence electrons. The van der Waals surface area contributed by atoms with Gasteiger partial charge in [0.2, 0.25) is 5.91 Å². The summed E-state index contributed by atoms with van der Waals surface area (Å²) in [4.78, 5) is 41.8. The molecule has 2 amide bonds. The molecule has 0 bridgehead atoms. The van der Waals surface area contributed by atoms with Gasteiger partial charge >= 0.3 is 12.4 Å². The first-order valence-electron chi connectivity index (χ1n) is 15.2. The van der Waals surface area contributed by atoms with Crippen molar-refractivity contribution in [1.82, 2.24) is 24.7 Å². The van der Waals surface area contributed by atoms with Crippen LogP contribution in [0.25, 0.3) is 10.9 Å². The highest BCUT2D eigenvalue weighted by Gasteiger charge is 2.39. The standard InChI is InChI=1S/C33H32F6N6O2.3ClH/c34-32(35,36)24-15-22(16-25(18-24)33(37,38)39)31(47)45-14-9-42(20-26(45)17-23-19-41-28-6-2-1-5-27(23)28)21-30(46)44-12-10-43(11-13-44)29-7-3-4-8-40-29;;;/h1-8,15-16,18-19,26,41H,9-14,17,20-21H2;3*1H/t26-;;;/m1.../s1. The number of fused-ring (bicyclic) bond motifs is 1. The highest BCUT2D eigenvalue weighted by molar-refractivity contribution is 5.95. The molecular weight excluding hydrogens is 733 g/mol. The van der Waals surface area contributed by atoms with Crippen LogP contribution in [0.4, 0.5) is 32.2 Å². The number of alkyl halides is 6. The van der Waals surface area contributed by atoms with E-state index in [1.807, 2.05) is 47.4 Å². The summed E-state index contributed by atoms with van der Waals surface area (Å²) in [5, 5.41) is 0.886. The number of halogens is 9. The number of benzene rings is 2. The summed E-state index contributed by atoms with van der Waals surface area (Å²) >= 11 is 0. The zero-order valence-corrected chi connectivity index (χ0v) is 28.9. The third-order valence-electron chi connectivity index (χ3n) is 8.76. The molecule has 0 spiro atoms. The van der Waals surface area contributed by atoms with Gasteiger partial charge in [-0.15, -0.1) is 37.2 Å². The summed E-state index contributed by atoms with van der Waals surface area (Å²) < 4.78 is 81.7. The monoisotopic (exact) mass is 766 g/mol. The minimum absolute atomic E-state index is 0. The zero-order valence-electron chi connectivity index (χ0n) is 26.4. The molecule has 6 rings (SSSR count). The number of piperazine rings is 2. The predicted octanol–water partition coefficient (Wildman–Crippen LogP) is 6.58. The summed E-state index contributed by atoms with van der Waals surface area (Å²) in [6.45, 7) is 2.75. The number of aromatic nitrogens is 2. The van der Waals surface area contributed by atoms with E-state index in [0.29, 0.717) is 38.3 Å².